The maximum Gasteiger partial charge on any atom is 0.332 e. The molecule has 0 saturated carbocycles. The van der Waals surface area contributed by atoms with Gasteiger partial charge in [0.25, 0.3) is 5.56 Å². The quantitative estimate of drug-likeness (QED) is 0.485. The second kappa shape index (κ2) is 6.63. The number of methoxy groups -OCH3 is 1. The van der Waals surface area contributed by atoms with Gasteiger partial charge in [-0.25, -0.2) is 4.79 Å². The van der Waals surface area contributed by atoms with Crippen LogP contribution in [0.2, 0.25) is 0 Å². The van der Waals surface area contributed by atoms with Gasteiger partial charge in [0.05, 0.1) is 12.8 Å². The van der Waals surface area contributed by atoms with Crippen LogP contribution in [0.5, 0.6) is 11.5 Å². The summed E-state index contributed by atoms with van der Waals surface area (Å²) in [4.78, 5) is 29.9. The number of rotatable bonds is 3. The van der Waals surface area contributed by atoms with E-state index in [0.29, 0.717) is 16.9 Å². The summed E-state index contributed by atoms with van der Waals surface area (Å²) in [5.74, 6) is 1.35. The van der Waals surface area contributed by atoms with Gasteiger partial charge in [0.1, 0.15) is 11.5 Å². The van der Waals surface area contributed by atoms with Gasteiger partial charge in [-0.2, -0.15) is 4.98 Å². The van der Waals surface area contributed by atoms with Crippen LogP contribution in [0, 0.1) is 0 Å². The van der Waals surface area contributed by atoms with E-state index >= 15 is 0 Å². The van der Waals surface area contributed by atoms with Gasteiger partial charge in [-0.15, -0.1) is 0 Å². The van der Waals surface area contributed by atoms with Gasteiger partial charge in [-0.1, -0.05) is 0 Å². The Kier molecular flexibility index (Phi) is 4.01. The van der Waals surface area contributed by atoms with Gasteiger partial charge in [-0.3, -0.25) is 22.9 Å². The summed E-state index contributed by atoms with van der Waals surface area (Å²) < 4.78 is 11.3. The van der Waals surface area contributed by atoms with E-state index in [0.717, 1.165) is 27.3 Å². The molecule has 3 heterocycles. The minimum absolute atomic E-state index is 0.141. The van der Waals surface area contributed by atoms with Crippen LogP contribution in [-0.4, -0.2) is 35.3 Å². The Balaban J connectivity index is 1.92. The average molecular weight is 417 g/mol. The zero-order chi connectivity index (χ0) is 21.9. The summed E-state index contributed by atoms with van der Waals surface area (Å²) >= 11 is 0. The molecule has 156 valence electrons. The van der Waals surface area contributed by atoms with Gasteiger partial charge in [0.15, 0.2) is 11.2 Å². The van der Waals surface area contributed by atoms with E-state index in [-0.39, 0.29) is 5.75 Å². The van der Waals surface area contributed by atoms with Crippen LogP contribution in [0.25, 0.3) is 33.9 Å². The first-order valence-corrected chi connectivity index (χ1v) is 9.54. The van der Waals surface area contributed by atoms with Crippen molar-refractivity contribution < 1.29 is 9.84 Å². The first-order chi connectivity index (χ1) is 14.9. The maximum atomic E-state index is 12.9. The van der Waals surface area contributed by atoms with Crippen molar-refractivity contribution in [1.82, 2.24) is 23.1 Å². The second-order valence-electron chi connectivity index (χ2n) is 7.25. The summed E-state index contributed by atoms with van der Waals surface area (Å²) in [5, 5.41) is 9.73. The fourth-order valence-electron chi connectivity index (χ4n) is 3.79. The van der Waals surface area contributed by atoms with Crippen LogP contribution in [0.4, 0.5) is 0 Å². The first-order valence-electron chi connectivity index (χ1n) is 9.54. The fraction of sp³-hybridized carbons (Fsp3) is 0.136. The number of hydrogen-bond acceptors (Lipinski definition) is 5. The van der Waals surface area contributed by atoms with Gasteiger partial charge in [0, 0.05) is 31.5 Å². The molecule has 0 radical (unpaired) electrons. The van der Waals surface area contributed by atoms with E-state index in [1.54, 1.807) is 42.8 Å². The predicted molar refractivity (Wildman–Crippen MR) is 116 cm³/mol. The maximum absolute atomic E-state index is 12.9. The molecule has 5 aromatic rings. The number of ether oxygens (including phenoxy) is 1. The zero-order valence-corrected chi connectivity index (χ0v) is 17.1. The standard InChI is InChI=1S/C22H19N5O4/c1-24-19-18(20(29)25(2)22(24)30)26-12-17(13-4-10-16(31-3)11-5-13)27(21(26)23-19)14-6-8-15(28)9-7-14/h4-12,28H,1-3H3. The van der Waals surface area contributed by atoms with Crippen molar-refractivity contribution in [1.29, 1.82) is 0 Å². The summed E-state index contributed by atoms with van der Waals surface area (Å²) in [7, 11) is 4.64. The first kappa shape index (κ1) is 18.7. The van der Waals surface area contributed by atoms with Crippen molar-refractivity contribution >= 4 is 16.9 Å². The Morgan fingerprint density at radius 2 is 1.61 bits per heavy atom. The minimum atomic E-state index is -0.440. The Hall–Kier alpha value is -4.27. The van der Waals surface area contributed by atoms with Gasteiger partial charge in [-0.05, 0) is 48.5 Å². The third-order valence-electron chi connectivity index (χ3n) is 5.46. The summed E-state index contributed by atoms with van der Waals surface area (Å²) in [6, 6.07) is 14.2. The number of fused-ring (bicyclic) bond motifs is 3. The molecule has 0 unspecified atom stereocenters. The molecular weight excluding hydrogens is 398 g/mol. The highest BCUT2D eigenvalue weighted by Crippen LogP contribution is 2.30. The number of aryl methyl sites for hydroxylation is 1. The minimum Gasteiger partial charge on any atom is -0.508 e. The highest BCUT2D eigenvalue weighted by atomic mass is 16.5. The SMILES string of the molecule is COc1ccc(-c2cn3c4c(=O)n(C)c(=O)n(C)c4nc3n2-c2ccc(O)cc2)cc1. The van der Waals surface area contributed by atoms with Gasteiger partial charge in [0.2, 0.25) is 5.78 Å². The van der Waals surface area contributed by atoms with Crippen molar-refractivity contribution in [2.45, 2.75) is 0 Å². The van der Waals surface area contributed by atoms with Crippen LogP contribution in [0.1, 0.15) is 0 Å². The lowest BCUT2D eigenvalue weighted by Crippen LogP contribution is -2.37. The molecule has 31 heavy (non-hydrogen) atoms. The summed E-state index contributed by atoms with van der Waals surface area (Å²) in [6.45, 7) is 0. The van der Waals surface area contributed by atoms with E-state index in [4.69, 9.17) is 4.74 Å². The normalized spacial score (nSPS) is 11.5. The van der Waals surface area contributed by atoms with E-state index < -0.39 is 11.2 Å². The molecule has 0 aliphatic rings. The molecule has 5 rings (SSSR count). The molecule has 0 aliphatic carbocycles. The summed E-state index contributed by atoms with van der Waals surface area (Å²) in [6.07, 6.45) is 1.82. The molecule has 0 saturated heterocycles. The zero-order valence-electron chi connectivity index (χ0n) is 17.1. The molecule has 9 heteroatoms. The van der Waals surface area contributed by atoms with Gasteiger partial charge < -0.3 is 9.84 Å². The molecule has 0 bridgehead atoms. The van der Waals surface area contributed by atoms with Crippen molar-refractivity contribution in [2.75, 3.05) is 7.11 Å². The summed E-state index contributed by atoms with van der Waals surface area (Å²) in [5.41, 5.74) is 2.17. The molecule has 3 aromatic heterocycles. The highest BCUT2D eigenvalue weighted by Gasteiger charge is 2.21. The van der Waals surface area contributed by atoms with E-state index in [1.165, 1.54) is 11.6 Å². The number of aromatic hydroxyl groups is 1. The molecular formula is C22H19N5O4. The molecule has 9 nitrogen and oxygen atoms in total. The third-order valence-corrected chi connectivity index (χ3v) is 5.46. The van der Waals surface area contributed by atoms with Crippen molar-refractivity contribution in [3.05, 3.63) is 75.6 Å². The van der Waals surface area contributed by atoms with Crippen LogP contribution >= 0.6 is 0 Å². The number of imidazole rings is 2. The smallest absolute Gasteiger partial charge is 0.332 e. The number of benzene rings is 2. The van der Waals surface area contributed by atoms with Crippen molar-refractivity contribution in [2.24, 2.45) is 14.1 Å². The molecule has 0 amide bonds. The predicted octanol–water partition coefficient (Wildman–Crippen LogP) is 2.06. The number of aromatic nitrogens is 5. The van der Waals surface area contributed by atoms with E-state index in [9.17, 15) is 14.7 Å². The largest absolute Gasteiger partial charge is 0.508 e. The van der Waals surface area contributed by atoms with Gasteiger partial charge >= 0.3 is 5.69 Å². The Bertz CT molecular complexity index is 1570. The van der Waals surface area contributed by atoms with Crippen LogP contribution in [0.15, 0.2) is 64.3 Å². The topological polar surface area (TPSA) is 95.7 Å². The average Bonchev–Trinajstić information content (AvgIpc) is 3.33. The fourth-order valence-corrected chi connectivity index (χ4v) is 3.79. The van der Waals surface area contributed by atoms with E-state index in [1.807, 2.05) is 35.0 Å². The molecule has 0 aliphatic heterocycles. The number of phenols is 1. The number of nitrogens with zero attached hydrogens (tertiary/aromatic N) is 5. The third kappa shape index (κ3) is 2.67. The molecule has 0 spiro atoms. The van der Waals surface area contributed by atoms with Crippen LogP contribution in [0.3, 0.4) is 0 Å². The van der Waals surface area contributed by atoms with Crippen LogP contribution in [-0.2, 0) is 14.1 Å². The Morgan fingerprint density at radius 3 is 2.26 bits per heavy atom. The Labute approximate surface area is 175 Å². The number of hydrogen-bond donors (Lipinski definition) is 1. The van der Waals surface area contributed by atoms with Crippen LogP contribution < -0.4 is 16.0 Å². The monoisotopic (exact) mass is 417 g/mol. The van der Waals surface area contributed by atoms with Crippen molar-refractivity contribution in [3.63, 3.8) is 0 Å². The second-order valence-corrected chi connectivity index (χ2v) is 7.25. The lowest BCUT2D eigenvalue weighted by Gasteiger charge is -2.10. The molecule has 1 N–H and O–H groups in total. The highest BCUT2D eigenvalue weighted by molar-refractivity contribution is 5.79. The molecule has 0 fully saturated rings. The lowest BCUT2D eigenvalue weighted by atomic mass is 10.1. The van der Waals surface area contributed by atoms with E-state index in [2.05, 4.69) is 4.98 Å². The van der Waals surface area contributed by atoms with Crippen molar-refractivity contribution in [3.8, 4) is 28.4 Å². The molecule has 2 aromatic carbocycles. The lowest BCUT2D eigenvalue weighted by molar-refractivity contribution is 0.415. The number of phenolic OH excluding ortho intramolecular Hbond substituents is 1. The Morgan fingerprint density at radius 1 is 0.935 bits per heavy atom. The molecule has 0 atom stereocenters.